The fourth-order valence-corrected chi connectivity index (χ4v) is 4.54. The van der Waals surface area contributed by atoms with Crippen molar-refractivity contribution < 1.29 is 9.53 Å². The smallest absolute Gasteiger partial charge is 0.310 e. The van der Waals surface area contributed by atoms with Crippen LogP contribution in [0.5, 0.6) is 0 Å². The second-order valence-corrected chi connectivity index (χ2v) is 7.90. The zero-order chi connectivity index (χ0) is 19.8. The average Bonchev–Trinajstić information content (AvgIpc) is 3.01. The lowest BCUT2D eigenvalue weighted by atomic mass is 10.2. The highest BCUT2D eigenvalue weighted by molar-refractivity contribution is 7.23. The summed E-state index contributed by atoms with van der Waals surface area (Å²) in [6, 6.07) is 10.6. The first-order valence-electron chi connectivity index (χ1n) is 8.30. The topological polar surface area (TPSA) is 73.6 Å². The molecule has 0 saturated heterocycles. The number of thiazole rings is 1. The number of esters is 1. The summed E-state index contributed by atoms with van der Waals surface area (Å²) in [4.78, 5) is 33.7. The minimum atomic E-state index is -0.534. The molecule has 0 spiro atoms. The predicted molar refractivity (Wildman–Crippen MR) is 109 cm³/mol. The number of pyridine rings is 1. The molecule has 0 bridgehead atoms. The summed E-state index contributed by atoms with van der Waals surface area (Å²) in [7, 11) is 0. The van der Waals surface area contributed by atoms with Crippen molar-refractivity contribution >= 4 is 55.7 Å². The van der Waals surface area contributed by atoms with Crippen LogP contribution in [-0.2, 0) is 22.6 Å². The molecule has 6 nitrogen and oxygen atoms in total. The van der Waals surface area contributed by atoms with Crippen molar-refractivity contribution in [3.05, 3.63) is 73.9 Å². The van der Waals surface area contributed by atoms with Crippen molar-refractivity contribution in [3.63, 3.8) is 0 Å². The normalized spacial score (nSPS) is 11.2. The third-order valence-electron chi connectivity index (χ3n) is 4.10. The molecular formula is C19H13Cl2N3O3S. The molecule has 0 saturated carbocycles. The van der Waals surface area contributed by atoms with Gasteiger partial charge in [0.25, 0.3) is 5.56 Å². The summed E-state index contributed by atoms with van der Waals surface area (Å²) in [5.41, 5.74) is 2.03. The monoisotopic (exact) mass is 433 g/mol. The van der Waals surface area contributed by atoms with Crippen molar-refractivity contribution in [2.24, 2.45) is 0 Å². The molecule has 0 aliphatic rings. The van der Waals surface area contributed by atoms with Gasteiger partial charge < -0.3 is 4.74 Å². The second-order valence-electron chi connectivity index (χ2n) is 6.13. The molecule has 1 aromatic carbocycles. The van der Waals surface area contributed by atoms with Gasteiger partial charge in [0.05, 0.1) is 22.3 Å². The first kappa shape index (κ1) is 18.9. The molecule has 0 atom stereocenters. The number of aryl methyl sites for hydroxylation is 1. The summed E-state index contributed by atoms with van der Waals surface area (Å²) < 4.78 is 7.76. The van der Waals surface area contributed by atoms with Crippen LogP contribution < -0.4 is 5.56 Å². The van der Waals surface area contributed by atoms with Gasteiger partial charge in [-0.25, -0.2) is 9.97 Å². The quantitative estimate of drug-likeness (QED) is 0.356. The summed E-state index contributed by atoms with van der Waals surface area (Å²) in [6.07, 6.45) is -0.116. The lowest BCUT2D eigenvalue weighted by Gasteiger charge is -2.08. The average molecular weight is 434 g/mol. The molecule has 4 rings (SSSR count). The van der Waals surface area contributed by atoms with Crippen molar-refractivity contribution in [3.8, 4) is 0 Å². The molecule has 0 aliphatic heterocycles. The Labute approximate surface area is 173 Å². The molecule has 28 heavy (non-hydrogen) atoms. The van der Waals surface area contributed by atoms with Crippen LogP contribution in [0.4, 0.5) is 0 Å². The summed E-state index contributed by atoms with van der Waals surface area (Å²) in [6.45, 7) is 1.64. The number of para-hydroxylation sites is 1. The van der Waals surface area contributed by atoms with E-state index in [9.17, 15) is 9.59 Å². The Morgan fingerprint density at radius 1 is 1.21 bits per heavy atom. The largest absolute Gasteiger partial charge is 0.459 e. The summed E-state index contributed by atoms with van der Waals surface area (Å²) >= 11 is 13.6. The number of benzene rings is 1. The van der Waals surface area contributed by atoms with Gasteiger partial charge in [-0.3, -0.25) is 14.0 Å². The first-order valence-corrected chi connectivity index (χ1v) is 9.87. The Morgan fingerprint density at radius 3 is 2.79 bits per heavy atom. The van der Waals surface area contributed by atoms with Crippen LogP contribution in [0.3, 0.4) is 0 Å². The number of carbonyl (C=O) groups is 1. The van der Waals surface area contributed by atoms with Crippen LogP contribution in [-0.4, -0.2) is 20.3 Å². The first-order chi connectivity index (χ1) is 13.4. The van der Waals surface area contributed by atoms with E-state index < -0.39 is 5.97 Å². The Morgan fingerprint density at radius 2 is 2.00 bits per heavy atom. The maximum absolute atomic E-state index is 12.5. The molecule has 9 heteroatoms. The van der Waals surface area contributed by atoms with Crippen molar-refractivity contribution in [2.45, 2.75) is 20.0 Å². The van der Waals surface area contributed by atoms with E-state index in [1.54, 1.807) is 17.4 Å². The minimum Gasteiger partial charge on any atom is -0.459 e. The molecule has 142 valence electrons. The van der Waals surface area contributed by atoms with Gasteiger partial charge >= 0.3 is 5.97 Å². The van der Waals surface area contributed by atoms with Gasteiger partial charge in [0.2, 0.25) is 0 Å². The van der Waals surface area contributed by atoms with Crippen LogP contribution in [0.15, 0.2) is 41.2 Å². The molecule has 3 aromatic heterocycles. The maximum atomic E-state index is 12.5. The van der Waals surface area contributed by atoms with E-state index in [1.165, 1.54) is 17.4 Å². The lowest BCUT2D eigenvalue weighted by molar-refractivity contribution is -0.144. The molecule has 0 fully saturated rings. The SMILES string of the molecule is Cc1cc(Cl)c(CC(=O)OCc2cc(=O)n3c(n2)sc2ccccc23)c(Cl)n1. The number of rotatable bonds is 4. The number of ether oxygens (including phenoxy) is 1. The van der Waals surface area contributed by atoms with E-state index in [0.29, 0.717) is 26.9 Å². The van der Waals surface area contributed by atoms with Crippen molar-refractivity contribution in [2.75, 3.05) is 0 Å². The van der Waals surface area contributed by atoms with Crippen molar-refractivity contribution in [1.82, 2.24) is 14.4 Å². The van der Waals surface area contributed by atoms with E-state index in [0.717, 1.165) is 10.2 Å². The van der Waals surface area contributed by atoms with Crippen LogP contribution in [0, 0.1) is 6.92 Å². The predicted octanol–water partition coefficient (Wildman–Crippen LogP) is 4.21. The molecular weight excluding hydrogens is 421 g/mol. The van der Waals surface area contributed by atoms with Gasteiger partial charge in [0.1, 0.15) is 11.8 Å². The molecule has 3 heterocycles. The van der Waals surface area contributed by atoms with Crippen molar-refractivity contribution in [1.29, 1.82) is 0 Å². The highest BCUT2D eigenvalue weighted by Crippen LogP contribution is 2.25. The summed E-state index contributed by atoms with van der Waals surface area (Å²) in [5.74, 6) is -0.534. The zero-order valence-electron chi connectivity index (χ0n) is 14.6. The van der Waals surface area contributed by atoms with E-state index >= 15 is 0 Å². The van der Waals surface area contributed by atoms with Crippen LogP contribution >= 0.6 is 34.5 Å². The Hall–Kier alpha value is -2.48. The van der Waals surface area contributed by atoms with Crippen LogP contribution in [0.25, 0.3) is 15.2 Å². The zero-order valence-corrected chi connectivity index (χ0v) is 16.9. The fraction of sp³-hybridized carbons (Fsp3) is 0.158. The molecule has 0 unspecified atom stereocenters. The fourth-order valence-electron chi connectivity index (χ4n) is 2.83. The third kappa shape index (κ3) is 3.61. The van der Waals surface area contributed by atoms with E-state index in [2.05, 4.69) is 9.97 Å². The second kappa shape index (κ2) is 7.50. The molecule has 0 amide bonds. The highest BCUT2D eigenvalue weighted by Gasteiger charge is 2.15. The van der Waals surface area contributed by atoms with Gasteiger partial charge in [-0.2, -0.15) is 0 Å². The Bertz CT molecular complexity index is 1260. The Balaban J connectivity index is 1.53. The number of nitrogens with zero attached hydrogens (tertiary/aromatic N) is 3. The number of halogens is 2. The van der Waals surface area contributed by atoms with E-state index in [4.69, 9.17) is 27.9 Å². The number of carbonyl (C=O) groups excluding carboxylic acids is 1. The van der Waals surface area contributed by atoms with Gasteiger partial charge in [-0.15, -0.1) is 0 Å². The standard InChI is InChI=1S/C19H13Cl2N3O3S/c1-10-6-13(20)12(18(21)22-10)8-17(26)27-9-11-7-16(25)24-14-4-2-3-5-15(14)28-19(24)23-11/h2-7H,8-9H2,1H3. The molecule has 0 aliphatic carbocycles. The molecule has 0 radical (unpaired) electrons. The van der Waals surface area contributed by atoms with Crippen LogP contribution in [0.1, 0.15) is 17.0 Å². The maximum Gasteiger partial charge on any atom is 0.310 e. The highest BCUT2D eigenvalue weighted by atomic mass is 35.5. The number of fused-ring (bicyclic) bond motifs is 3. The minimum absolute atomic E-state index is 0.116. The number of hydrogen-bond acceptors (Lipinski definition) is 6. The van der Waals surface area contributed by atoms with Gasteiger partial charge in [0, 0.05) is 22.3 Å². The molecule has 0 N–H and O–H groups in total. The summed E-state index contributed by atoms with van der Waals surface area (Å²) in [5, 5.41) is 0.530. The van der Waals surface area contributed by atoms with Gasteiger partial charge in [0.15, 0.2) is 4.96 Å². The van der Waals surface area contributed by atoms with E-state index in [-0.39, 0.29) is 23.7 Å². The number of aromatic nitrogens is 3. The van der Waals surface area contributed by atoms with Gasteiger partial charge in [-0.1, -0.05) is 46.7 Å². The molecule has 4 aromatic rings. The van der Waals surface area contributed by atoms with E-state index in [1.807, 2.05) is 24.3 Å². The number of hydrogen-bond donors (Lipinski definition) is 0. The van der Waals surface area contributed by atoms with Gasteiger partial charge in [-0.05, 0) is 25.1 Å². The third-order valence-corrected chi connectivity index (χ3v) is 5.77. The Kier molecular flexibility index (Phi) is 5.05. The lowest BCUT2D eigenvalue weighted by Crippen LogP contribution is -2.16. The van der Waals surface area contributed by atoms with Crippen LogP contribution in [0.2, 0.25) is 10.2 Å².